The fourth-order valence-corrected chi connectivity index (χ4v) is 11.2. The maximum atomic E-state index is 6.59. The molecule has 59 heavy (non-hydrogen) atoms. The van der Waals surface area contributed by atoms with Crippen LogP contribution < -0.4 is 0 Å². The van der Waals surface area contributed by atoms with Gasteiger partial charge in [0.25, 0.3) is 0 Å². The first-order valence-electron chi connectivity index (χ1n) is 20.4. The van der Waals surface area contributed by atoms with Gasteiger partial charge in [-0.25, -0.2) is 0 Å². The molecule has 0 N–H and O–H groups in total. The van der Waals surface area contributed by atoms with Gasteiger partial charge in [0.15, 0.2) is 11.2 Å². The zero-order chi connectivity index (χ0) is 38.4. The van der Waals surface area contributed by atoms with Crippen molar-refractivity contribution in [3.8, 4) is 44.5 Å². The van der Waals surface area contributed by atoms with Crippen molar-refractivity contribution in [2.75, 3.05) is 0 Å². The van der Waals surface area contributed by atoms with Gasteiger partial charge in [-0.15, -0.1) is 0 Å². The molecule has 0 amide bonds. The molecule has 10 aromatic carbocycles. The van der Waals surface area contributed by atoms with E-state index in [2.05, 4.69) is 182 Å². The summed E-state index contributed by atoms with van der Waals surface area (Å²) in [5.74, 6) is 0. The minimum atomic E-state index is -0.405. The fourth-order valence-electron chi connectivity index (χ4n) is 11.2. The molecule has 2 heterocycles. The van der Waals surface area contributed by atoms with Crippen LogP contribution in [0.5, 0.6) is 0 Å². The van der Waals surface area contributed by atoms with Gasteiger partial charge in [-0.1, -0.05) is 158 Å². The van der Waals surface area contributed by atoms with Crippen molar-refractivity contribution >= 4 is 65.4 Å². The molecule has 2 nitrogen and oxygen atoms in total. The van der Waals surface area contributed by atoms with Gasteiger partial charge in [-0.2, -0.15) is 0 Å². The first-order chi connectivity index (χ1) is 29.3. The maximum absolute atomic E-state index is 6.59. The number of benzene rings is 10. The Morgan fingerprint density at radius 1 is 0.271 bits per heavy atom. The molecular weight excluding hydrogens is 717 g/mol. The third kappa shape index (κ3) is 3.91. The van der Waals surface area contributed by atoms with Gasteiger partial charge < -0.3 is 8.83 Å². The van der Waals surface area contributed by atoms with Crippen LogP contribution in [0.4, 0.5) is 0 Å². The second-order valence-electron chi connectivity index (χ2n) is 16.2. The predicted octanol–water partition coefficient (Wildman–Crippen LogP) is 15.5. The highest BCUT2D eigenvalue weighted by Crippen LogP contribution is 2.63. The molecule has 2 aromatic heterocycles. The van der Waals surface area contributed by atoms with Crippen LogP contribution in [0.15, 0.2) is 203 Å². The van der Waals surface area contributed by atoms with Crippen LogP contribution >= 0.6 is 0 Å². The Balaban J connectivity index is 1.02. The lowest BCUT2D eigenvalue weighted by Gasteiger charge is -2.30. The van der Waals surface area contributed by atoms with Crippen LogP contribution in [0.1, 0.15) is 22.3 Å². The molecule has 0 unspecified atom stereocenters. The highest BCUT2D eigenvalue weighted by atomic mass is 16.4. The molecule has 272 valence electrons. The van der Waals surface area contributed by atoms with Crippen molar-refractivity contribution in [1.82, 2.24) is 0 Å². The number of para-hydroxylation sites is 1. The van der Waals surface area contributed by atoms with Gasteiger partial charge in [0.1, 0.15) is 11.2 Å². The standard InChI is InChI=1S/C57H32O2/c1-3-19-42-40(17-1)53(33-26-30-52-46(31-33)45-29-28-44-39-16-8-12-24-51(39)58-55(44)56(45)59-52)41-18-2-4-20-43(41)54(42)34-25-27-38-37-15-7-11-23-49(37)57(50(38)32-34)47-21-9-5-13-35(47)36-14-6-10-22-48(36)57/h1-32H. The SMILES string of the molecule is c1ccc2c(c1)-c1ccccc1C21c2ccccc2-c2ccc(-c3c4ccccc4c(-c4ccc5oc6c(ccc7c8ccccc8oc76)c5c4)c4ccccc34)cc21. The number of hydrogen-bond donors (Lipinski definition) is 0. The highest BCUT2D eigenvalue weighted by molar-refractivity contribution is 6.23. The molecule has 12 aromatic rings. The Morgan fingerprint density at radius 3 is 1.24 bits per heavy atom. The first kappa shape index (κ1) is 31.4. The topological polar surface area (TPSA) is 26.3 Å². The molecule has 0 radical (unpaired) electrons. The van der Waals surface area contributed by atoms with E-state index in [-0.39, 0.29) is 0 Å². The fraction of sp³-hybridized carbons (Fsp3) is 0.0175. The van der Waals surface area contributed by atoms with E-state index in [1.54, 1.807) is 0 Å². The lowest BCUT2D eigenvalue weighted by atomic mass is 9.70. The van der Waals surface area contributed by atoms with Gasteiger partial charge in [-0.05, 0) is 125 Å². The normalized spacial score (nSPS) is 13.6. The molecule has 2 aliphatic rings. The van der Waals surface area contributed by atoms with E-state index < -0.39 is 5.41 Å². The minimum Gasteiger partial charge on any atom is -0.452 e. The zero-order valence-electron chi connectivity index (χ0n) is 31.8. The average molecular weight is 749 g/mol. The van der Waals surface area contributed by atoms with Crippen molar-refractivity contribution in [2.45, 2.75) is 5.41 Å². The lowest BCUT2D eigenvalue weighted by molar-refractivity contribution is 0.633. The van der Waals surface area contributed by atoms with Crippen molar-refractivity contribution in [3.63, 3.8) is 0 Å². The molecule has 2 aliphatic carbocycles. The van der Waals surface area contributed by atoms with Crippen LogP contribution in [-0.4, -0.2) is 0 Å². The summed E-state index contributed by atoms with van der Waals surface area (Å²) >= 11 is 0. The monoisotopic (exact) mass is 748 g/mol. The first-order valence-corrected chi connectivity index (χ1v) is 20.4. The van der Waals surface area contributed by atoms with E-state index in [4.69, 9.17) is 8.83 Å². The summed E-state index contributed by atoms with van der Waals surface area (Å²) in [6.45, 7) is 0. The highest BCUT2D eigenvalue weighted by Gasteiger charge is 2.51. The second kappa shape index (κ2) is 11.2. The molecule has 1 spiro atoms. The van der Waals surface area contributed by atoms with Crippen LogP contribution in [-0.2, 0) is 5.41 Å². The molecule has 0 aliphatic heterocycles. The summed E-state index contributed by atoms with van der Waals surface area (Å²) in [6.07, 6.45) is 0. The van der Waals surface area contributed by atoms with Crippen LogP contribution in [0.3, 0.4) is 0 Å². The molecule has 0 saturated carbocycles. The van der Waals surface area contributed by atoms with Crippen molar-refractivity contribution in [2.24, 2.45) is 0 Å². The van der Waals surface area contributed by atoms with E-state index in [9.17, 15) is 0 Å². The minimum absolute atomic E-state index is 0.405. The third-order valence-electron chi connectivity index (χ3n) is 13.5. The van der Waals surface area contributed by atoms with Crippen molar-refractivity contribution < 1.29 is 8.83 Å². The molecule has 2 heteroatoms. The summed E-state index contributed by atoms with van der Waals surface area (Å²) < 4.78 is 13.0. The smallest absolute Gasteiger partial charge is 0.178 e. The lowest BCUT2D eigenvalue weighted by Crippen LogP contribution is -2.25. The van der Waals surface area contributed by atoms with E-state index in [0.717, 1.165) is 49.4 Å². The van der Waals surface area contributed by atoms with E-state index in [0.29, 0.717) is 0 Å². The van der Waals surface area contributed by atoms with Gasteiger partial charge in [0, 0.05) is 21.5 Å². The van der Waals surface area contributed by atoms with E-state index >= 15 is 0 Å². The summed E-state index contributed by atoms with van der Waals surface area (Å²) in [7, 11) is 0. The molecular formula is C57H32O2. The van der Waals surface area contributed by atoms with Gasteiger partial charge in [-0.3, -0.25) is 0 Å². The molecule has 0 bridgehead atoms. The van der Waals surface area contributed by atoms with Crippen LogP contribution in [0.25, 0.3) is 110 Å². The Labute approximate surface area is 339 Å². The summed E-state index contributed by atoms with van der Waals surface area (Å²) in [6, 6.07) is 71.6. The Bertz CT molecular complexity index is 3680. The van der Waals surface area contributed by atoms with Gasteiger partial charge in [0.05, 0.1) is 5.41 Å². The molecule has 0 fully saturated rings. The Hall–Kier alpha value is -7.68. The van der Waals surface area contributed by atoms with Crippen LogP contribution in [0.2, 0.25) is 0 Å². The number of hydrogen-bond acceptors (Lipinski definition) is 2. The number of fused-ring (bicyclic) bond motifs is 19. The predicted molar refractivity (Wildman–Crippen MR) is 243 cm³/mol. The summed E-state index contributed by atoms with van der Waals surface area (Å²) in [5, 5.41) is 9.23. The third-order valence-corrected chi connectivity index (χ3v) is 13.5. The number of furan rings is 2. The average Bonchev–Trinajstić information content (AvgIpc) is 4.03. The summed E-state index contributed by atoms with van der Waals surface area (Å²) in [5.41, 5.74) is 18.5. The molecule has 14 rings (SSSR count). The number of rotatable bonds is 2. The van der Waals surface area contributed by atoms with Gasteiger partial charge in [0.2, 0.25) is 0 Å². The zero-order valence-corrected chi connectivity index (χ0v) is 31.8. The van der Waals surface area contributed by atoms with E-state index in [1.165, 1.54) is 82.7 Å². The van der Waals surface area contributed by atoms with Gasteiger partial charge >= 0.3 is 0 Å². The Kier molecular flexibility index (Phi) is 5.99. The van der Waals surface area contributed by atoms with Crippen molar-refractivity contribution in [1.29, 1.82) is 0 Å². The quantitative estimate of drug-likeness (QED) is 0.165. The Morgan fingerprint density at radius 2 is 0.678 bits per heavy atom. The summed E-state index contributed by atoms with van der Waals surface area (Å²) in [4.78, 5) is 0. The van der Waals surface area contributed by atoms with Crippen LogP contribution in [0, 0.1) is 0 Å². The maximum Gasteiger partial charge on any atom is 0.178 e. The van der Waals surface area contributed by atoms with Crippen molar-refractivity contribution in [3.05, 3.63) is 216 Å². The molecule has 0 atom stereocenters. The molecule has 0 saturated heterocycles. The second-order valence-corrected chi connectivity index (χ2v) is 16.2. The van der Waals surface area contributed by atoms with E-state index in [1.807, 2.05) is 12.1 Å². The largest absolute Gasteiger partial charge is 0.452 e.